The van der Waals surface area contributed by atoms with E-state index in [0.29, 0.717) is 40.3 Å². The predicted octanol–water partition coefficient (Wildman–Crippen LogP) is 6.28. The number of imidazole rings is 2. The number of benzene rings is 2. The van der Waals surface area contributed by atoms with Crippen LogP contribution in [0.25, 0.3) is 27.8 Å². The molecule has 0 bridgehead atoms. The van der Waals surface area contributed by atoms with Crippen molar-refractivity contribution in [3.8, 4) is 11.1 Å². The van der Waals surface area contributed by atoms with Gasteiger partial charge in [-0.05, 0) is 66.4 Å². The van der Waals surface area contributed by atoms with Crippen LogP contribution in [0, 0.1) is 5.92 Å². The van der Waals surface area contributed by atoms with Gasteiger partial charge in [-0.1, -0.05) is 38.1 Å². The van der Waals surface area contributed by atoms with E-state index in [1.807, 2.05) is 22.6 Å². The number of nitrogens with one attached hydrogen (secondary N) is 3. The Hall–Kier alpha value is -4.18. The van der Waals surface area contributed by atoms with Crippen LogP contribution in [0.3, 0.4) is 0 Å². The van der Waals surface area contributed by atoms with E-state index in [0.717, 1.165) is 30.8 Å². The zero-order valence-corrected chi connectivity index (χ0v) is 20.9. The van der Waals surface area contributed by atoms with Crippen LogP contribution >= 0.6 is 0 Å². The lowest BCUT2D eigenvalue weighted by Gasteiger charge is -2.08. The van der Waals surface area contributed by atoms with E-state index < -0.39 is 17.6 Å². The fraction of sp³-hybridized carbons (Fsp3) is 0.250. The average molecular weight is 521 g/mol. The van der Waals surface area contributed by atoms with Crippen LogP contribution < -0.4 is 10.6 Å². The number of hydrogen-bond donors (Lipinski definition) is 3. The number of fused-ring (bicyclic) bond motifs is 2. The lowest BCUT2D eigenvalue weighted by atomic mass is 10.0. The Kier molecular flexibility index (Phi) is 6.90. The second-order valence-corrected chi connectivity index (χ2v) is 9.58. The van der Waals surface area contributed by atoms with Gasteiger partial charge in [-0.25, -0.2) is 9.97 Å². The van der Waals surface area contributed by atoms with Gasteiger partial charge >= 0.3 is 6.18 Å². The Morgan fingerprint density at radius 1 is 1.03 bits per heavy atom. The van der Waals surface area contributed by atoms with Gasteiger partial charge in [0.1, 0.15) is 11.3 Å². The second kappa shape index (κ2) is 10.3. The minimum atomic E-state index is -4.42. The Morgan fingerprint density at radius 3 is 2.61 bits per heavy atom. The van der Waals surface area contributed by atoms with E-state index in [2.05, 4.69) is 39.4 Å². The summed E-state index contributed by atoms with van der Waals surface area (Å²) in [4.78, 5) is 24.9. The summed E-state index contributed by atoms with van der Waals surface area (Å²) in [5.41, 5.74) is 3.34. The summed E-state index contributed by atoms with van der Waals surface area (Å²) < 4.78 is 41.2. The maximum atomic E-state index is 13.1. The molecule has 3 aromatic heterocycles. The van der Waals surface area contributed by atoms with Crippen LogP contribution in [-0.4, -0.2) is 31.8 Å². The Morgan fingerprint density at radius 2 is 1.82 bits per heavy atom. The summed E-state index contributed by atoms with van der Waals surface area (Å²) >= 11 is 0. The molecule has 10 heteroatoms. The molecule has 3 heterocycles. The largest absolute Gasteiger partial charge is 0.416 e. The van der Waals surface area contributed by atoms with Crippen LogP contribution in [-0.2, 0) is 12.7 Å². The van der Waals surface area contributed by atoms with Crippen LogP contribution in [0.5, 0.6) is 0 Å². The molecular weight excluding hydrogens is 493 g/mol. The van der Waals surface area contributed by atoms with Gasteiger partial charge in [0.2, 0.25) is 5.95 Å². The van der Waals surface area contributed by atoms with Gasteiger partial charge in [0.05, 0.1) is 16.6 Å². The van der Waals surface area contributed by atoms with Gasteiger partial charge in [-0.15, -0.1) is 0 Å². The Balaban J connectivity index is 1.33. The molecule has 38 heavy (non-hydrogen) atoms. The number of anilines is 1. The average Bonchev–Trinajstić information content (AvgIpc) is 3.50. The third-order valence-corrected chi connectivity index (χ3v) is 6.25. The van der Waals surface area contributed by atoms with Crippen molar-refractivity contribution in [2.75, 3.05) is 11.9 Å². The molecule has 0 fully saturated rings. The van der Waals surface area contributed by atoms with E-state index in [1.54, 1.807) is 30.5 Å². The molecule has 7 nitrogen and oxygen atoms in total. The van der Waals surface area contributed by atoms with Gasteiger partial charge in [-0.3, -0.25) is 10.1 Å². The molecule has 0 atom stereocenters. The van der Waals surface area contributed by atoms with E-state index in [-0.39, 0.29) is 11.6 Å². The van der Waals surface area contributed by atoms with Gasteiger partial charge in [0.25, 0.3) is 5.91 Å². The van der Waals surface area contributed by atoms with Crippen molar-refractivity contribution < 1.29 is 18.0 Å². The lowest BCUT2D eigenvalue weighted by Crippen LogP contribution is -2.18. The normalized spacial score (nSPS) is 12.1. The minimum absolute atomic E-state index is 0.221. The van der Waals surface area contributed by atoms with Crippen molar-refractivity contribution in [3.63, 3.8) is 0 Å². The molecule has 0 aliphatic carbocycles. The molecule has 2 aromatic carbocycles. The van der Waals surface area contributed by atoms with Crippen molar-refractivity contribution in [2.45, 2.75) is 33.0 Å². The second-order valence-electron chi connectivity index (χ2n) is 9.58. The molecule has 0 saturated heterocycles. The molecule has 0 saturated carbocycles. The highest BCUT2D eigenvalue weighted by molar-refractivity contribution is 6.03. The summed E-state index contributed by atoms with van der Waals surface area (Å²) in [5, 5.41) is 6.16. The Bertz CT molecular complexity index is 1600. The fourth-order valence-corrected chi connectivity index (χ4v) is 4.22. The van der Waals surface area contributed by atoms with Gasteiger partial charge < -0.3 is 14.7 Å². The molecule has 0 aliphatic rings. The van der Waals surface area contributed by atoms with E-state index >= 15 is 0 Å². The summed E-state index contributed by atoms with van der Waals surface area (Å²) in [6.07, 6.45) is -1.65. The van der Waals surface area contributed by atoms with Gasteiger partial charge in [0, 0.05) is 18.4 Å². The van der Waals surface area contributed by atoms with Crippen molar-refractivity contribution >= 4 is 28.5 Å². The Labute approximate surface area is 217 Å². The third kappa shape index (κ3) is 5.55. The number of alkyl halides is 3. The first kappa shape index (κ1) is 25.5. The molecular formula is C28H27F3N6O. The summed E-state index contributed by atoms with van der Waals surface area (Å²) in [7, 11) is 0. The number of aromatic amines is 1. The van der Waals surface area contributed by atoms with Gasteiger partial charge in [0.15, 0.2) is 0 Å². The molecule has 5 aromatic rings. The molecule has 0 unspecified atom stereocenters. The van der Waals surface area contributed by atoms with Crippen molar-refractivity contribution in [1.82, 2.24) is 24.7 Å². The summed E-state index contributed by atoms with van der Waals surface area (Å²) in [6, 6.07) is 16.0. The molecule has 196 valence electrons. The number of carbonyl (C=O) groups is 1. The number of amides is 1. The van der Waals surface area contributed by atoms with Gasteiger partial charge in [-0.2, -0.15) is 13.2 Å². The summed E-state index contributed by atoms with van der Waals surface area (Å²) in [5.74, 6) is 0.413. The first-order chi connectivity index (χ1) is 18.2. The number of carbonyl (C=O) groups excluding carboxylic acids is 1. The maximum absolute atomic E-state index is 13.1. The zero-order chi connectivity index (χ0) is 26.9. The number of rotatable bonds is 8. The maximum Gasteiger partial charge on any atom is 0.416 e. The van der Waals surface area contributed by atoms with E-state index in [9.17, 15) is 18.0 Å². The number of nitrogens with zero attached hydrogens (tertiary/aromatic N) is 3. The molecule has 0 spiro atoms. The molecule has 3 N–H and O–H groups in total. The molecule has 0 aliphatic heterocycles. The minimum Gasteiger partial charge on any atom is -0.324 e. The number of halogens is 3. The predicted molar refractivity (Wildman–Crippen MR) is 141 cm³/mol. The number of pyridine rings is 1. The smallest absolute Gasteiger partial charge is 0.324 e. The monoisotopic (exact) mass is 520 g/mol. The zero-order valence-electron chi connectivity index (χ0n) is 20.9. The van der Waals surface area contributed by atoms with E-state index in [1.165, 1.54) is 6.07 Å². The highest BCUT2D eigenvalue weighted by atomic mass is 19.4. The molecule has 1 amide bonds. The number of H-pyrrole nitrogens is 1. The van der Waals surface area contributed by atoms with Crippen LogP contribution in [0.2, 0.25) is 0 Å². The van der Waals surface area contributed by atoms with E-state index in [4.69, 9.17) is 0 Å². The molecule has 5 rings (SSSR count). The first-order valence-electron chi connectivity index (χ1n) is 12.3. The standard InChI is InChI=1S/C28H27F3N6O/c1-17(2)11-12-32-15-21-7-4-8-25-33-24(16-37(21)25)26(38)36-27-34-22-10-9-19(14-23(22)35-27)18-5-3-6-20(13-18)28(29,30)31/h3-10,13-14,16-17,32H,11-12,15H2,1-2H3,(H2,34,35,36,38). The topological polar surface area (TPSA) is 87.1 Å². The van der Waals surface area contributed by atoms with Crippen LogP contribution in [0.15, 0.2) is 66.9 Å². The molecule has 0 radical (unpaired) electrons. The SMILES string of the molecule is CC(C)CCNCc1cccc2nc(C(=O)Nc3nc4cc(-c5cccc(C(F)(F)F)c5)ccc4[nH]3)cn12. The first-order valence-corrected chi connectivity index (χ1v) is 12.3. The lowest BCUT2D eigenvalue weighted by molar-refractivity contribution is -0.137. The number of hydrogen-bond acceptors (Lipinski definition) is 4. The quantitative estimate of drug-likeness (QED) is 0.210. The van der Waals surface area contributed by atoms with Crippen molar-refractivity contribution in [1.29, 1.82) is 0 Å². The van der Waals surface area contributed by atoms with Crippen LogP contribution in [0.1, 0.15) is 42.0 Å². The van der Waals surface area contributed by atoms with Crippen molar-refractivity contribution in [2.24, 2.45) is 5.92 Å². The highest BCUT2D eigenvalue weighted by Gasteiger charge is 2.30. The number of aromatic nitrogens is 4. The highest BCUT2D eigenvalue weighted by Crippen LogP contribution is 2.33. The van der Waals surface area contributed by atoms with Crippen LogP contribution in [0.4, 0.5) is 19.1 Å². The third-order valence-electron chi connectivity index (χ3n) is 6.25. The fourth-order valence-electron chi connectivity index (χ4n) is 4.22. The summed E-state index contributed by atoms with van der Waals surface area (Å²) in [6.45, 7) is 5.91. The van der Waals surface area contributed by atoms with Crippen molar-refractivity contribution in [3.05, 3.63) is 83.8 Å².